The molecule has 5 rings (SSSR count). The lowest BCUT2D eigenvalue weighted by Crippen LogP contribution is -2.32. The number of aromatic hydroxyl groups is 1. The zero-order valence-electron chi connectivity index (χ0n) is 21.8. The van der Waals surface area contributed by atoms with Crippen LogP contribution < -0.4 is 9.02 Å². The van der Waals surface area contributed by atoms with E-state index in [0.717, 1.165) is 47.5 Å². The number of hydrogen-bond donors (Lipinski definition) is 1. The third kappa shape index (κ3) is 6.43. The summed E-state index contributed by atoms with van der Waals surface area (Å²) < 4.78 is 30.8. The number of nitrogens with zero attached hydrogens (tertiary/aromatic N) is 1. The fourth-order valence-corrected chi connectivity index (χ4v) is 6.95. The number of thiophene rings is 1. The molecule has 7 nitrogen and oxygen atoms in total. The number of benzene rings is 3. The summed E-state index contributed by atoms with van der Waals surface area (Å²) in [7, 11) is -3.71. The molecule has 0 unspecified atom stereocenters. The van der Waals surface area contributed by atoms with Crippen LogP contribution in [0.3, 0.4) is 0 Å². The Hall–Kier alpha value is -3.40. The van der Waals surface area contributed by atoms with Crippen molar-refractivity contribution in [3.63, 3.8) is 0 Å². The Kier molecular flexibility index (Phi) is 8.20. The number of phenolic OH excluding ortho intramolecular Hbond substituents is 1. The fourth-order valence-electron chi connectivity index (χ4n) is 4.60. The first-order valence-corrected chi connectivity index (χ1v) is 15.6. The Bertz CT molecular complexity index is 1550. The molecule has 0 aliphatic carbocycles. The van der Waals surface area contributed by atoms with Crippen molar-refractivity contribution in [3.8, 4) is 27.7 Å². The highest BCUT2D eigenvalue weighted by Gasteiger charge is 2.23. The number of ketones is 1. The number of unbranched alkanes of at least 4 members (excludes halogenated alkanes) is 1. The quantitative estimate of drug-likeness (QED) is 0.167. The molecule has 1 N–H and O–H groups in total. The molecule has 1 saturated heterocycles. The molecule has 2 heterocycles. The molecule has 3 aromatic carbocycles. The number of hydrogen-bond acceptors (Lipinski definition) is 8. The van der Waals surface area contributed by atoms with E-state index in [1.54, 1.807) is 54.6 Å². The molecule has 0 radical (unpaired) electrons. The molecule has 1 fully saturated rings. The Labute approximate surface area is 232 Å². The van der Waals surface area contributed by atoms with Crippen LogP contribution in [0.5, 0.6) is 17.2 Å². The standard InChI is InChI=1S/C30H31NO6S2/c1-2-3-19-39(34,35)37-25-15-16-26-27(20-25)38-30(22-7-11-23(32)12-8-22)28(26)29(33)21-9-13-24(14-10-21)36-31-17-5-4-6-18-31/h7-16,20,32H,2-6,17-19H2,1H3. The highest BCUT2D eigenvalue weighted by Crippen LogP contribution is 2.42. The summed E-state index contributed by atoms with van der Waals surface area (Å²) in [4.78, 5) is 20.6. The molecule has 204 valence electrons. The van der Waals surface area contributed by atoms with Gasteiger partial charge in [-0.25, -0.2) is 0 Å². The van der Waals surface area contributed by atoms with Crippen LogP contribution in [-0.2, 0) is 10.1 Å². The first-order chi connectivity index (χ1) is 18.8. The average molecular weight is 566 g/mol. The third-order valence-corrected chi connectivity index (χ3v) is 9.09. The highest BCUT2D eigenvalue weighted by molar-refractivity contribution is 7.87. The Morgan fingerprint density at radius 3 is 2.33 bits per heavy atom. The number of fused-ring (bicyclic) bond motifs is 1. The molecule has 1 aromatic heterocycles. The lowest BCUT2D eigenvalue weighted by Gasteiger charge is -2.26. The van der Waals surface area contributed by atoms with E-state index in [-0.39, 0.29) is 23.0 Å². The van der Waals surface area contributed by atoms with Gasteiger partial charge >= 0.3 is 10.1 Å². The van der Waals surface area contributed by atoms with Gasteiger partial charge in [0.05, 0.1) is 5.75 Å². The fraction of sp³-hybridized carbons (Fsp3) is 0.300. The maximum absolute atomic E-state index is 13.9. The van der Waals surface area contributed by atoms with Crippen LogP contribution >= 0.6 is 11.3 Å². The monoisotopic (exact) mass is 565 g/mol. The smallest absolute Gasteiger partial charge is 0.309 e. The van der Waals surface area contributed by atoms with Gasteiger partial charge in [-0.2, -0.15) is 8.42 Å². The summed E-state index contributed by atoms with van der Waals surface area (Å²) in [5.74, 6) is 0.832. The number of hydroxylamine groups is 2. The number of phenols is 1. The van der Waals surface area contributed by atoms with Crippen molar-refractivity contribution < 1.29 is 27.3 Å². The molecule has 0 atom stereocenters. The van der Waals surface area contributed by atoms with E-state index in [1.165, 1.54) is 17.8 Å². The van der Waals surface area contributed by atoms with E-state index in [2.05, 4.69) is 0 Å². The van der Waals surface area contributed by atoms with Crippen LogP contribution in [0.4, 0.5) is 0 Å². The Balaban J connectivity index is 1.49. The lowest BCUT2D eigenvalue weighted by atomic mass is 9.97. The van der Waals surface area contributed by atoms with Crippen molar-refractivity contribution in [2.45, 2.75) is 39.0 Å². The van der Waals surface area contributed by atoms with E-state index >= 15 is 0 Å². The van der Waals surface area contributed by atoms with Gasteiger partial charge in [-0.1, -0.05) is 19.8 Å². The maximum Gasteiger partial charge on any atom is 0.309 e. The molecule has 0 saturated carbocycles. The summed E-state index contributed by atoms with van der Waals surface area (Å²) in [5.41, 5.74) is 1.81. The summed E-state index contributed by atoms with van der Waals surface area (Å²) in [6.07, 6.45) is 4.71. The molecule has 1 aliphatic rings. The van der Waals surface area contributed by atoms with Crippen molar-refractivity contribution in [2.75, 3.05) is 18.8 Å². The predicted octanol–water partition coefficient (Wildman–Crippen LogP) is 6.79. The SMILES string of the molecule is CCCCS(=O)(=O)Oc1ccc2c(C(=O)c3ccc(ON4CCCCC4)cc3)c(-c3ccc(O)cc3)sc2c1. The van der Waals surface area contributed by atoms with Gasteiger partial charge in [0.25, 0.3) is 0 Å². The summed E-state index contributed by atoms with van der Waals surface area (Å²) >= 11 is 1.38. The van der Waals surface area contributed by atoms with Crippen LogP contribution in [0.25, 0.3) is 20.5 Å². The molecule has 9 heteroatoms. The van der Waals surface area contributed by atoms with Gasteiger partial charge in [-0.15, -0.1) is 16.4 Å². The van der Waals surface area contributed by atoms with E-state index in [4.69, 9.17) is 9.02 Å². The van der Waals surface area contributed by atoms with Gasteiger partial charge in [0.2, 0.25) is 0 Å². The third-order valence-electron chi connectivity index (χ3n) is 6.66. The van der Waals surface area contributed by atoms with Crippen molar-refractivity contribution in [1.82, 2.24) is 5.06 Å². The highest BCUT2D eigenvalue weighted by atomic mass is 32.2. The second-order valence-corrected chi connectivity index (χ2v) is 12.4. The average Bonchev–Trinajstić information content (AvgIpc) is 3.31. The summed E-state index contributed by atoms with van der Waals surface area (Å²) in [5, 5.41) is 12.5. The van der Waals surface area contributed by atoms with Gasteiger partial charge in [0.15, 0.2) is 5.78 Å². The van der Waals surface area contributed by atoms with Crippen molar-refractivity contribution in [1.29, 1.82) is 0 Å². The zero-order valence-corrected chi connectivity index (χ0v) is 23.4. The van der Waals surface area contributed by atoms with Crippen LogP contribution in [0.2, 0.25) is 0 Å². The van der Waals surface area contributed by atoms with Crippen LogP contribution in [0.15, 0.2) is 66.7 Å². The molecule has 1 aliphatic heterocycles. The van der Waals surface area contributed by atoms with Gasteiger partial charge in [-0.3, -0.25) is 4.79 Å². The Morgan fingerprint density at radius 1 is 0.949 bits per heavy atom. The number of rotatable bonds is 10. The van der Waals surface area contributed by atoms with Crippen molar-refractivity contribution in [2.24, 2.45) is 0 Å². The number of piperidine rings is 1. The van der Waals surface area contributed by atoms with Gasteiger partial charge in [0, 0.05) is 39.2 Å². The molecule has 0 spiro atoms. The largest absolute Gasteiger partial charge is 0.508 e. The second kappa shape index (κ2) is 11.8. The van der Waals surface area contributed by atoms with Crippen LogP contribution in [0.1, 0.15) is 54.9 Å². The lowest BCUT2D eigenvalue weighted by molar-refractivity contribution is -0.0720. The van der Waals surface area contributed by atoms with Gasteiger partial charge < -0.3 is 14.1 Å². The number of carbonyl (C=O) groups excluding carboxylic acids is 1. The van der Waals surface area contributed by atoms with E-state index in [9.17, 15) is 18.3 Å². The molecule has 0 bridgehead atoms. The molecule has 0 amide bonds. The molecular weight excluding hydrogens is 534 g/mol. The van der Waals surface area contributed by atoms with Crippen molar-refractivity contribution >= 4 is 37.3 Å². The predicted molar refractivity (Wildman–Crippen MR) is 154 cm³/mol. The van der Waals surface area contributed by atoms with E-state index < -0.39 is 10.1 Å². The molecule has 4 aromatic rings. The van der Waals surface area contributed by atoms with Crippen molar-refractivity contribution in [3.05, 3.63) is 77.9 Å². The van der Waals surface area contributed by atoms with Gasteiger partial charge in [0.1, 0.15) is 17.2 Å². The first kappa shape index (κ1) is 27.2. The summed E-state index contributed by atoms with van der Waals surface area (Å²) in [6.45, 7) is 3.71. The van der Waals surface area contributed by atoms with Crippen LogP contribution in [-0.4, -0.2) is 43.2 Å². The van der Waals surface area contributed by atoms with E-state index in [1.807, 2.05) is 24.1 Å². The zero-order chi connectivity index (χ0) is 27.4. The topological polar surface area (TPSA) is 93.1 Å². The normalized spacial score (nSPS) is 14.4. The minimum absolute atomic E-state index is 0.0497. The minimum Gasteiger partial charge on any atom is -0.508 e. The van der Waals surface area contributed by atoms with E-state index in [0.29, 0.717) is 28.7 Å². The molecular formula is C30H31NO6S2. The maximum atomic E-state index is 13.9. The Morgan fingerprint density at radius 2 is 1.64 bits per heavy atom. The summed E-state index contributed by atoms with van der Waals surface area (Å²) in [6, 6.07) is 18.8. The number of carbonyl (C=O) groups is 1. The van der Waals surface area contributed by atoms with Gasteiger partial charge in [-0.05, 0) is 91.6 Å². The second-order valence-electron chi connectivity index (χ2n) is 9.64. The first-order valence-electron chi connectivity index (χ1n) is 13.2. The van der Waals surface area contributed by atoms with Crippen LogP contribution in [0, 0.1) is 0 Å². The minimum atomic E-state index is -3.71. The molecule has 39 heavy (non-hydrogen) atoms.